The van der Waals surface area contributed by atoms with Crippen molar-refractivity contribution >= 4 is 55.6 Å². The first kappa shape index (κ1) is 17.0. The minimum absolute atomic E-state index is 0.346. The molecule has 1 fully saturated rings. The van der Waals surface area contributed by atoms with Crippen LogP contribution in [0.25, 0.3) is 10.2 Å². The van der Waals surface area contributed by atoms with Crippen LogP contribution in [0.5, 0.6) is 0 Å². The quantitative estimate of drug-likeness (QED) is 0.514. The van der Waals surface area contributed by atoms with Crippen LogP contribution in [0.4, 0.5) is 10.8 Å². The molecule has 0 amide bonds. The number of rotatable bonds is 3. The summed E-state index contributed by atoms with van der Waals surface area (Å²) < 4.78 is 0.490. The lowest BCUT2D eigenvalue weighted by atomic mass is 10.3. The summed E-state index contributed by atoms with van der Waals surface area (Å²) in [5, 5.41) is 18.5. The highest BCUT2D eigenvalue weighted by atomic mass is 35.5. The van der Waals surface area contributed by atoms with Crippen LogP contribution < -0.4 is 9.96 Å². The first-order chi connectivity index (χ1) is 12.0. The molecule has 0 radical (unpaired) electrons. The molecule has 3 aromatic rings. The molecule has 8 heteroatoms. The summed E-state index contributed by atoms with van der Waals surface area (Å²) in [6.45, 7) is 0.957. The summed E-state index contributed by atoms with van der Waals surface area (Å²) >= 11 is 13.5. The summed E-state index contributed by atoms with van der Waals surface area (Å²) in [7, 11) is 1.94. The molecule has 2 atom stereocenters. The van der Waals surface area contributed by atoms with Gasteiger partial charge in [0.15, 0.2) is 6.17 Å². The lowest BCUT2D eigenvalue weighted by Gasteiger charge is -2.40. The fourth-order valence-corrected chi connectivity index (χ4v) is 4.43. The molecule has 25 heavy (non-hydrogen) atoms. The van der Waals surface area contributed by atoms with E-state index in [-0.39, 0.29) is 6.17 Å². The lowest BCUT2D eigenvalue weighted by Crippen LogP contribution is -2.52. The Morgan fingerprint density at radius 2 is 2.04 bits per heavy atom. The highest BCUT2D eigenvalue weighted by Crippen LogP contribution is 2.37. The van der Waals surface area contributed by atoms with Crippen molar-refractivity contribution in [3.63, 3.8) is 0 Å². The smallest absolute Gasteiger partial charge is 0.290 e. The van der Waals surface area contributed by atoms with Crippen molar-refractivity contribution in [3.05, 3.63) is 57.7 Å². The van der Waals surface area contributed by atoms with Gasteiger partial charge in [-0.2, -0.15) is 4.98 Å². The van der Waals surface area contributed by atoms with E-state index in [2.05, 4.69) is 10.3 Å². The fourth-order valence-electron chi connectivity index (χ4n) is 3.09. The van der Waals surface area contributed by atoms with E-state index in [1.807, 2.05) is 42.3 Å². The van der Waals surface area contributed by atoms with Crippen LogP contribution in [0.2, 0.25) is 10.0 Å². The van der Waals surface area contributed by atoms with E-state index >= 15 is 0 Å². The monoisotopic (exact) mass is 394 g/mol. The van der Waals surface area contributed by atoms with Gasteiger partial charge in [-0.3, -0.25) is 9.55 Å². The van der Waals surface area contributed by atoms with E-state index in [1.54, 1.807) is 12.1 Å². The molecule has 0 aliphatic carbocycles. The van der Waals surface area contributed by atoms with Gasteiger partial charge in [0.25, 0.3) is 5.13 Å². The normalized spacial score (nSPS) is 24.1. The summed E-state index contributed by atoms with van der Waals surface area (Å²) in [6.07, 6.45) is -0.372. The number of benzene rings is 2. The molecule has 2 aromatic carbocycles. The zero-order chi connectivity index (χ0) is 17.6. The lowest BCUT2D eigenvalue weighted by molar-refractivity contribution is 0.323. The van der Waals surface area contributed by atoms with Gasteiger partial charge in [0, 0.05) is 5.69 Å². The third-order valence-electron chi connectivity index (χ3n) is 4.30. The number of para-hydroxylation sites is 1. The SMILES string of the molecule is CN1CC(Nc2ccc(Cl)c(Cl)c2)[N+]([O-])(c2nc3ccccc3s2)C1. The van der Waals surface area contributed by atoms with Crippen LogP contribution in [0.1, 0.15) is 0 Å². The molecular weight excluding hydrogens is 379 g/mol. The van der Waals surface area contributed by atoms with Crippen molar-refractivity contribution in [2.45, 2.75) is 6.17 Å². The maximum absolute atomic E-state index is 13.7. The summed E-state index contributed by atoms with van der Waals surface area (Å²) in [6, 6.07) is 13.1. The zero-order valence-corrected chi connectivity index (χ0v) is 15.8. The molecule has 0 spiro atoms. The van der Waals surface area contributed by atoms with Crippen molar-refractivity contribution in [1.82, 2.24) is 14.5 Å². The van der Waals surface area contributed by atoms with Gasteiger partial charge in [0.05, 0.1) is 26.8 Å². The van der Waals surface area contributed by atoms with Gasteiger partial charge in [-0.15, -0.1) is 0 Å². The Bertz CT molecular complexity index is 901. The highest BCUT2D eigenvalue weighted by molar-refractivity contribution is 7.22. The van der Waals surface area contributed by atoms with Crippen LogP contribution >= 0.6 is 34.5 Å². The standard InChI is InChI=1S/C17H16Cl2N4OS/c1-22-9-16(20-11-6-7-12(18)13(19)8-11)23(24,10-22)17-21-14-4-2-3-5-15(14)25-17/h2-8,16,20H,9-10H2,1H3. The Labute approximate surface area is 159 Å². The van der Waals surface area contributed by atoms with Gasteiger partial charge in [0.1, 0.15) is 6.67 Å². The number of thiazole rings is 1. The van der Waals surface area contributed by atoms with E-state index in [0.717, 1.165) is 15.9 Å². The van der Waals surface area contributed by atoms with E-state index in [1.165, 1.54) is 11.3 Å². The van der Waals surface area contributed by atoms with Crippen LogP contribution in [0, 0.1) is 5.21 Å². The number of hydrogen-bond acceptors (Lipinski definition) is 5. The van der Waals surface area contributed by atoms with Gasteiger partial charge < -0.3 is 10.5 Å². The Balaban J connectivity index is 1.69. The number of fused-ring (bicyclic) bond motifs is 1. The predicted molar refractivity (Wildman–Crippen MR) is 106 cm³/mol. The molecule has 1 saturated heterocycles. The van der Waals surface area contributed by atoms with Crippen LogP contribution in [-0.2, 0) is 0 Å². The number of nitrogens with one attached hydrogen (secondary N) is 1. The second kappa shape index (κ2) is 6.39. The molecule has 1 aromatic heterocycles. The fraction of sp³-hybridized carbons (Fsp3) is 0.235. The Kier molecular flexibility index (Phi) is 4.35. The molecule has 0 saturated carbocycles. The second-order valence-electron chi connectivity index (χ2n) is 6.23. The maximum Gasteiger partial charge on any atom is 0.290 e. The number of halogens is 2. The summed E-state index contributed by atoms with van der Waals surface area (Å²) in [5.41, 5.74) is 1.63. The molecule has 4 rings (SSSR count). The third-order valence-corrected chi connectivity index (χ3v) is 6.19. The predicted octanol–water partition coefficient (Wildman–Crippen LogP) is 4.75. The molecule has 0 bridgehead atoms. The molecule has 1 aliphatic rings. The molecule has 2 heterocycles. The van der Waals surface area contributed by atoms with Crippen LogP contribution in [-0.4, -0.2) is 36.3 Å². The number of hydroxylamine groups is 2. The number of anilines is 1. The minimum Gasteiger partial charge on any atom is -0.623 e. The topological polar surface area (TPSA) is 51.2 Å². The number of hydrogen-bond donors (Lipinski definition) is 1. The van der Waals surface area contributed by atoms with Crippen molar-refractivity contribution < 1.29 is 0 Å². The van der Waals surface area contributed by atoms with Gasteiger partial charge in [-0.05, 0) is 37.4 Å². The zero-order valence-electron chi connectivity index (χ0n) is 13.4. The second-order valence-corrected chi connectivity index (χ2v) is 8.05. The van der Waals surface area contributed by atoms with Gasteiger partial charge in [0.2, 0.25) is 0 Å². The highest BCUT2D eigenvalue weighted by Gasteiger charge is 2.42. The van der Waals surface area contributed by atoms with E-state index in [4.69, 9.17) is 23.2 Å². The number of nitrogens with zero attached hydrogens (tertiary/aromatic N) is 3. The van der Waals surface area contributed by atoms with E-state index < -0.39 is 4.65 Å². The van der Waals surface area contributed by atoms with Gasteiger partial charge in [-0.25, -0.2) is 0 Å². The van der Waals surface area contributed by atoms with E-state index in [0.29, 0.717) is 28.4 Å². The van der Waals surface area contributed by atoms with Crippen molar-refractivity contribution in [2.75, 3.05) is 25.6 Å². The van der Waals surface area contributed by atoms with E-state index in [9.17, 15) is 5.21 Å². The number of quaternary nitrogens is 1. The largest absolute Gasteiger partial charge is 0.623 e. The average Bonchev–Trinajstić information content (AvgIpc) is 3.13. The third kappa shape index (κ3) is 3.10. The van der Waals surface area contributed by atoms with Gasteiger partial charge in [-0.1, -0.05) is 46.7 Å². The van der Waals surface area contributed by atoms with Crippen molar-refractivity contribution in [2.24, 2.45) is 0 Å². The maximum atomic E-state index is 13.7. The van der Waals surface area contributed by atoms with Crippen LogP contribution in [0.15, 0.2) is 42.5 Å². The molecule has 130 valence electrons. The Hall–Kier alpha value is -1.41. The van der Waals surface area contributed by atoms with Crippen LogP contribution in [0.3, 0.4) is 0 Å². The number of aromatic nitrogens is 1. The molecule has 1 aliphatic heterocycles. The first-order valence-corrected chi connectivity index (χ1v) is 9.38. The first-order valence-electron chi connectivity index (χ1n) is 7.81. The minimum atomic E-state index is -0.532. The molecule has 2 unspecified atom stereocenters. The van der Waals surface area contributed by atoms with Gasteiger partial charge >= 0.3 is 0 Å². The average molecular weight is 395 g/mol. The van der Waals surface area contributed by atoms with Crippen molar-refractivity contribution in [1.29, 1.82) is 0 Å². The molecular formula is C17H16Cl2N4OS. The summed E-state index contributed by atoms with van der Waals surface area (Å²) in [4.78, 5) is 6.60. The Morgan fingerprint density at radius 1 is 1.24 bits per heavy atom. The summed E-state index contributed by atoms with van der Waals surface area (Å²) in [5.74, 6) is 0. The molecule has 5 nitrogen and oxygen atoms in total. The Morgan fingerprint density at radius 3 is 2.80 bits per heavy atom. The van der Waals surface area contributed by atoms with Crippen molar-refractivity contribution in [3.8, 4) is 0 Å². The molecule has 1 N–H and O–H groups in total. The number of likely N-dealkylation sites (N-methyl/N-ethyl adjacent to an activating group) is 1.